The number of methoxy groups -OCH3 is 1. The average Bonchev–Trinajstić information content (AvgIpc) is 1.35. The molecule has 16 aliphatic rings. The Labute approximate surface area is 498 Å². The normalized spacial score (nSPS) is 42.4. The summed E-state index contributed by atoms with van der Waals surface area (Å²) in [5, 5.41) is 78.4. The summed E-state index contributed by atoms with van der Waals surface area (Å²) < 4.78 is 19.6. The summed E-state index contributed by atoms with van der Waals surface area (Å²) in [6.07, 6.45) is 23.8. The van der Waals surface area contributed by atoms with E-state index in [1.807, 2.05) is 38.3 Å². The predicted octanol–water partition coefficient (Wildman–Crippen LogP) is 9.49. The van der Waals surface area contributed by atoms with Gasteiger partial charge in [0.05, 0.1) is 28.3 Å². The summed E-state index contributed by atoms with van der Waals surface area (Å²) >= 11 is 0. The van der Waals surface area contributed by atoms with Gasteiger partial charge in [0.15, 0.2) is 23.0 Å². The lowest BCUT2D eigenvalue weighted by Gasteiger charge is -2.75. The van der Waals surface area contributed by atoms with E-state index >= 15 is 0 Å². The van der Waals surface area contributed by atoms with Crippen molar-refractivity contribution >= 4 is 0 Å². The van der Waals surface area contributed by atoms with Crippen LogP contribution in [-0.4, -0.2) is 156 Å². The first-order valence-corrected chi connectivity index (χ1v) is 33.7. The minimum atomic E-state index is -0.909. The van der Waals surface area contributed by atoms with Gasteiger partial charge in [-0.1, -0.05) is 64.7 Å². The molecule has 5 heterocycles. The molecular formula is C71H97N3O10. The molecule has 7 N–H and O–H groups in total. The molecule has 0 amide bonds. The SMILES string of the molecule is CO[C@]12CC[C@@]3(C[C@@H]1C(C)(O)C(C)(C)C)[C@H]1Cc4ccc(O)c5c4[C@@]3(CCN1CC1CC1)[C@H]2O5.Oc1ccc2c(c1)[C@@]13CCCC[C@@]1(O)[C@@H](C2)N(CC1CCC1)CC3.Oc1ccc2c3c1O[C@H]1[C@@H](O)CC[C@@]4(O)[C@@H](C2)N(CC2CCC2)CC[C@]314. The molecule has 456 valence electrons. The average molecular weight is 1150 g/mol. The van der Waals surface area contributed by atoms with Gasteiger partial charge < -0.3 is 50.0 Å². The van der Waals surface area contributed by atoms with Gasteiger partial charge in [-0.05, 0) is 218 Å². The number of hydrogen-bond donors (Lipinski definition) is 7. The topological polar surface area (TPSA) is 179 Å². The van der Waals surface area contributed by atoms with Crippen LogP contribution in [0.2, 0.25) is 0 Å². The number of phenolic OH excluding ortho intramolecular Hbond substituents is 3. The highest BCUT2D eigenvalue weighted by Crippen LogP contribution is 2.78. The molecule has 3 saturated heterocycles. The largest absolute Gasteiger partial charge is 0.508 e. The van der Waals surface area contributed by atoms with Crippen LogP contribution in [0.15, 0.2) is 42.5 Å². The number of piperidine rings is 3. The summed E-state index contributed by atoms with van der Waals surface area (Å²) in [6, 6.07) is 14.4. The Morgan fingerprint density at radius 1 is 0.583 bits per heavy atom. The van der Waals surface area contributed by atoms with Crippen LogP contribution in [0.4, 0.5) is 0 Å². The van der Waals surface area contributed by atoms with Gasteiger partial charge in [-0.15, -0.1) is 0 Å². The molecule has 84 heavy (non-hydrogen) atoms. The molecule has 3 spiro atoms. The van der Waals surface area contributed by atoms with E-state index in [1.54, 1.807) is 6.07 Å². The number of hydrogen-bond acceptors (Lipinski definition) is 13. The Morgan fingerprint density at radius 2 is 1.14 bits per heavy atom. The Bertz CT molecular complexity index is 3130. The number of aliphatic hydroxyl groups excluding tert-OH is 1. The van der Waals surface area contributed by atoms with Crippen LogP contribution in [0.1, 0.15) is 189 Å². The Kier molecular flexibility index (Phi) is 12.4. The van der Waals surface area contributed by atoms with E-state index in [4.69, 9.17) is 14.2 Å². The van der Waals surface area contributed by atoms with Crippen molar-refractivity contribution < 1.29 is 50.0 Å². The summed E-state index contributed by atoms with van der Waals surface area (Å²) in [6.45, 7) is 15.1. The number of aromatic hydroxyl groups is 3. The number of rotatable bonds is 8. The molecule has 8 saturated carbocycles. The zero-order valence-corrected chi connectivity index (χ0v) is 51.0. The van der Waals surface area contributed by atoms with Crippen molar-refractivity contribution in [3.8, 4) is 28.7 Å². The van der Waals surface area contributed by atoms with Crippen LogP contribution in [0.25, 0.3) is 0 Å². The van der Waals surface area contributed by atoms with E-state index < -0.39 is 40.0 Å². The number of phenols is 3. The highest BCUT2D eigenvalue weighted by Gasteiger charge is 2.83. The highest BCUT2D eigenvalue weighted by atomic mass is 16.6. The maximum absolute atomic E-state index is 12.2. The monoisotopic (exact) mass is 1150 g/mol. The molecule has 1 unspecified atom stereocenters. The third-order valence-corrected chi connectivity index (χ3v) is 27.9. The maximum atomic E-state index is 12.2. The fourth-order valence-electron chi connectivity index (χ4n) is 22.7. The summed E-state index contributed by atoms with van der Waals surface area (Å²) in [5.74, 6) is 4.43. The minimum Gasteiger partial charge on any atom is -0.508 e. The lowest BCUT2D eigenvalue weighted by molar-refractivity contribution is -0.312. The summed E-state index contributed by atoms with van der Waals surface area (Å²) in [7, 11) is 1.83. The lowest BCUT2D eigenvalue weighted by atomic mass is 9.33. The fraction of sp³-hybridized carbons (Fsp3) is 0.746. The first-order chi connectivity index (χ1) is 40.2. The molecule has 0 radical (unpaired) electrons. The second-order valence-corrected chi connectivity index (χ2v) is 31.9. The van der Waals surface area contributed by atoms with Gasteiger partial charge in [0.25, 0.3) is 0 Å². The molecule has 13 nitrogen and oxygen atoms in total. The summed E-state index contributed by atoms with van der Waals surface area (Å²) in [5.41, 5.74) is 3.38. The molecule has 3 aromatic rings. The van der Waals surface area contributed by atoms with E-state index in [2.05, 4.69) is 47.6 Å². The number of likely N-dealkylation sites (tertiary alicyclic amines) is 3. The number of benzene rings is 3. The van der Waals surface area contributed by atoms with Crippen molar-refractivity contribution in [1.29, 1.82) is 0 Å². The van der Waals surface area contributed by atoms with Crippen molar-refractivity contribution in [2.45, 2.75) is 250 Å². The first kappa shape index (κ1) is 55.6. The molecule has 11 aliphatic carbocycles. The smallest absolute Gasteiger partial charge is 0.165 e. The van der Waals surface area contributed by atoms with Crippen LogP contribution in [0.3, 0.4) is 0 Å². The van der Waals surface area contributed by atoms with Crippen molar-refractivity contribution in [3.63, 3.8) is 0 Å². The molecule has 3 aromatic carbocycles. The van der Waals surface area contributed by atoms with E-state index in [9.17, 15) is 35.7 Å². The van der Waals surface area contributed by atoms with E-state index in [0.717, 1.165) is 127 Å². The minimum absolute atomic E-state index is 0.0294. The van der Waals surface area contributed by atoms with Crippen molar-refractivity contribution in [3.05, 3.63) is 75.8 Å². The third-order valence-electron chi connectivity index (χ3n) is 27.9. The first-order valence-electron chi connectivity index (χ1n) is 33.7. The number of fused-ring (bicyclic) bond motifs is 3. The van der Waals surface area contributed by atoms with Gasteiger partial charge in [-0.3, -0.25) is 14.7 Å². The quantitative estimate of drug-likeness (QED) is 0.114. The molecule has 19 rings (SSSR count). The van der Waals surface area contributed by atoms with E-state index in [0.29, 0.717) is 36.1 Å². The lowest BCUT2D eigenvalue weighted by Crippen LogP contribution is -2.83. The van der Waals surface area contributed by atoms with E-state index in [-0.39, 0.29) is 57.3 Å². The van der Waals surface area contributed by atoms with Crippen LogP contribution in [0.5, 0.6) is 28.7 Å². The Hall–Kier alpha value is -3.66. The molecule has 0 aromatic heterocycles. The van der Waals surface area contributed by atoms with Crippen molar-refractivity contribution in [1.82, 2.24) is 14.7 Å². The highest BCUT2D eigenvalue weighted by molar-refractivity contribution is 5.64. The summed E-state index contributed by atoms with van der Waals surface area (Å²) in [4.78, 5) is 7.97. The third kappa shape index (κ3) is 7.13. The zero-order valence-electron chi connectivity index (χ0n) is 51.0. The second-order valence-electron chi connectivity index (χ2n) is 31.9. The Morgan fingerprint density at radius 3 is 1.77 bits per heavy atom. The number of aliphatic hydroxyl groups is 4. The molecule has 15 atom stereocenters. The van der Waals surface area contributed by atoms with Crippen LogP contribution < -0.4 is 9.47 Å². The van der Waals surface area contributed by atoms with Gasteiger partial charge in [-0.2, -0.15) is 0 Å². The molecule has 5 aliphatic heterocycles. The standard InChI is InChI=1S/C29H41NO4.C21H27NO4.C21H29NO2/c1-25(2,3)26(4,32)20-15-27-10-11-29(20,33-5)24-28(27)12-13-30(16-17-6-7-17)21(27)14-18-8-9-19(31)23(34-24)22(18)28;23-14-5-4-13-10-16-21(25)7-6-15(24)19-20(21,17(13)18(14)26-19)8-9-22(16)11-12-2-1-3-12;23-17-7-6-16-12-19-21(24)9-2-1-8-20(21,18(16)13-17)10-11-22(19)14-15-4-3-5-15/h8-9,17,20-21,24,31-32H,6-7,10-16H2,1-5H3;4-5,12,15-16,19,23-25H,1-3,6-11H2;6-7,13,15,19,23-24H,1-5,8-12,14H2/t20-,21-,24-,26?,27-,28+,29-;15-,16+,19-,20-,21+;19-,20+,21-/m101/s1. The van der Waals surface area contributed by atoms with Crippen LogP contribution in [-0.2, 0) is 40.2 Å². The Balaban J connectivity index is 0.000000105. The second kappa shape index (κ2) is 18.7. The number of ether oxygens (including phenoxy) is 3. The van der Waals surface area contributed by atoms with E-state index in [1.165, 1.54) is 98.7 Å². The van der Waals surface area contributed by atoms with Crippen LogP contribution in [0, 0.1) is 34.5 Å². The van der Waals surface area contributed by atoms with Gasteiger partial charge in [0, 0.05) is 78.2 Å². The van der Waals surface area contributed by atoms with Gasteiger partial charge in [0.1, 0.15) is 23.6 Å². The molecular weight excluding hydrogens is 1050 g/mol. The zero-order chi connectivity index (χ0) is 57.9. The molecule has 11 fully saturated rings. The van der Waals surface area contributed by atoms with Gasteiger partial charge in [0.2, 0.25) is 0 Å². The predicted molar refractivity (Wildman–Crippen MR) is 320 cm³/mol. The van der Waals surface area contributed by atoms with Crippen molar-refractivity contribution in [2.75, 3.05) is 46.4 Å². The van der Waals surface area contributed by atoms with Crippen molar-refractivity contribution in [2.24, 2.45) is 34.5 Å². The molecule has 13 heteroatoms. The van der Waals surface area contributed by atoms with Gasteiger partial charge in [-0.25, -0.2) is 0 Å². The van der Waals surface area contributed by atoms with Crippen LogP contribution >= 0.6 is 0 Å². The van der Waals surface area contributed by atoms with Gasteiger partial charge >= 0.3 is 0 Å². The maximum Gasteiger partial charge on any atom is 0.165 e. The molecule has 8 bridgehead atoms. The fourth-order valence-corrected chi connectivity index (χ4v) is 22.7. The number of nitrogens with zero attached hydrogens (tertiary/aromatic N) is 3.